The molecule has 2 rings (SSSR count). The van der Waals surface area contributed by atoms with Gasteiger partial charge in [0.1, 0.15) is 5.75 Å². The fourth-order valence-corrected chi connectivity index (χ4v) is 3.31. The van der Waals surface area contributed by atoms with Crippen molar-refractivity contribution >= 4 is 27.3 Å². The Bertz CT molecular complexity index is 716. The van der Waals surface area contributed by atoms with Crippen LogP contribution in [0.4, 0.5) is 5.69 Å². The standard InChI is InChI=1S/C14H14ClNO3S/c1-16(13-8-3-4-9-14(13)19-2)20(17,18)12-7-5-6-11(15)10-12/h3-10H,1-2H3. The second-order valence-corrected chi connectivity index (χ2v) is 6.51. The quantitative estimate of drug-likeness (QED) is 0.871. The van der Waals surface area contributed by atoms with Crippen LogP contribution in [0.15, 0.2) is 53.4 Å². The molecule has 0 fully saturated rings. The smallest absolute Gasteiger partial charge is 0.264 e. The number of rotatable bonds is 4. The molecule has 0 aliphatic rings. The second-order valence-electron chi connectivity index (χ2n) is 4.10. The molecule has 6 heteroatoms. The van der Waals surface area contributed by atoms with Crippen LogP contribution in [0.3, 0.4) is 0 Å². The summed E-state index contributed by atoms with van der Waals surface area (Å²) in [6.45, 7) is 0. The fraction of sp³-hybridized carbons (Fsp3) is 0.143. The van der Waals surface area contributed by atoms with Crippen molar-refractivity contribution in [1.82, 2.24) is 0 Å². The number of hydrogen-bond donors (Lipinski definition) is 0. The number of ether oxygens (including phenoxy) is 1. The molecule has 0 saturated carbocycles. The van der Waals surface area contributed by atoms with Gasteiger partial charge in [0.2, 0.25) is 0 Å². The summed E-state index contributed by atoms with van der Waals surface area (Å²) in [7, 11) is -0.699. The predicted octanol–water partition coefficient (Wildman–Crippen LogP) is 3.17. The number of halogens is 1. The van der Waals surface area contributed by atoms with E-state index in [1.807, 2.05) is 0 Å². The zero-order valence-corrected chi connectivity index (χ0v) is 12.6. The second kappa shape index (κ2) is 5.73. The molecule has 20 heavy (non-hydrogen) atoms. The molecular weight excluding hydrogens is 298 g/mol. The summed E-state index contributed by atoms with van der Waals surface area (Å²) in [4.78, 5) is 0.137. The van der Waals surface area contributed by atoms with Crippen LogP contribution in [-0.4, -0.2) is 22.6 Å². The molecule has 0 aromatic heterocycles. The number of benzene rings is 2. The van der Waals surface area contributed by atoms with Gasteiger partial charge in [-0.05, 0) is 30.3 Å². The Hall–Kier alpha value is -1.72. The van der Waals surface area contributed by atoms with E-state index in [4.69, 9.17) is 16.3 Å². The number of methoxy groups -OCH3 is 1. The van der Waals surface area contributed by atoms with Crippen LogP contribution >= 0.6 is 11.6 Å². The van der Waals surface area contributed by atoms with Gasteiger partial charge in [0.25, 0.3) is 10.0 Å². The van der Waals surface area contributed by atoms with E-state index in [1.54, 1.807) is 36.4 Å². The van der Waals surface area contributed by atoms with Crippen molar-refractivity contribution < 1.29 is 13.2 Å². The van der Waals surface area contributed by atoms with Gasteiger partial charge >= 0.3 is 0 Å². The van der Waals surface area contributed by atoms with Crippen molar-refractivity contribution in [2.24, 2.45) is 0 Å². The highest BCUT2D eigenvalue weighted by atomic mass is 35.5. The molecule has 106 valence electrons. The highest BCUT2D eigenvalue weighted by Gasteiger charge is 2.23. The average molecular weight is 312 g/mol. The van der Waals surface area contributed by atoms with Gasteiger partial charge in [-0.1, -0.05) is 29.8 Å². The van der Waals surface area contributed by atoms with E-state index < -0.39 is 10.0 Å². The van der Waals surface area contributed by atoms with E-state index in [-0.39, 0.29) is 4.90 Å². The first-order chi connectivity index (χ1) is 9.46. The minimum Gasteiger partial charge on any atom is -0.495 e. The van der Waals surface area contributed by atoms with E-state index >= 15 is 0 Å². The van der Waals surface area contributed by atoms with Gasteiger partial charge in [0.05, 0.1) is 17.7 Å². The Kier molecular flexibility index (Phi) is 4.20. The maximum Gasteiger partial charge on any atom is 0.264 e. The Morgan fingerprint density at radius 1 is 1.10 bits per heavy atom. The molecule has 4 nitrogen and oxygen atoms in total. The molecule has 2 aromatic rings. The van der Waals surface area contributed by atoms with Gasteiger partial charge in [-0.25, -0.2) is 8.42 Å². The number of anilines is 1. The summed E-state index contributed by atoms with van der Waals surface area (Å²) in [5, 5.41) is 0.375. The first-order valence-electron chi connectivity index (χ1n) is 5.84. The predicted molar refractivity (Wildman–Crippen MR) is 80.0 cm³/mol. The third-order valence-electron chi connectivity index (χ3n) is 2.88. The summed E-state index contributed by atoms with van der Waals surface area (Å²) in [5.74, 6) is 0.487. The van der Waals surface area contributed by atoms with E-state index in [0.717, 1.165) is 0 Å². The van der Waals surface area contributed by atoms with Crippen LogP contribution in [0.25, 0.3) is 0 Å². The molecule has 0 heterocycles. The molecule has 0 unspecified atom stereocenters. The molecule has 0 bridgehead atoms. The molecule has 0 aliphatic carbocycles. The normalized spacial score (nSPS) is 11.2. The minimum absolute atomic E-state index is 0.137. The Morgan fingerprint density at radius 3 is 2.45 bits per heavy atom. The van der Waals surface area contributed by atoms with Crippen molar-refractivity contribution in [3.63, 3.8) is 0 Å². The number of nitrogens with zero attached hydrogens (tertiary/aromatic N) is 1. The molecule has 0 N–H and O–H groups in total. The topological polar surface area (TPSA) is 46.6 Å². The van der Waals surface area contributed by atoms with Crippen molar-refractivity contribution in [1.29, 1.82) is 0 Å². The monoisotopic (exact) mass is 311 g/mol. The van der Waals surface area contributed by atoms with Crippen LogP contribution < -0.4 is 9.04 Å². The summed E-state index contributed by atoms with van der Waals surface area (Å²) in [6, 6.07) is 13.1. The Morgan fingerprint density at radius 2 is 1.80 bits per heavy atom. The zero-order chi connectivity index (χ0) is 14.8. The van der Waals surface area contributed by atoms with Crippen LogP contribution in [0.5, 0.6) is 5.75 Å². The fourth-order valence-electron chi connectivity index (χ4n) is 1.80. The lowest BCUT2D eigenvalue weighted by Crippen LogP contribution is -2.26. The third-order valence-corrected chi connectivity index (χ3v) is 4.88. The summed E-state index contributed by atoms with van der Waals surface area (Å²) < 4.78 is 31.5. The molecule has 2 aromatic carbocycles. The first-order valence-corrected chi connectivity index (χ1v) is 7.66. The van der Waals surface area contributed by atoms with E-state index in [1.165, 1.54) is 30.6 Å². The van der Waals surface area contributed by atoms with Gasteiger partial charge < -0.3 is 4.74 Å². The SMILES string of the molecule is COc1ccccc1N(C)S(=O)(=O)c1cccc(Cl)c1. The highest BCUT2D eigenvalue weighted by Crippen LogP contribution is 2.31. The largest absolute Gasteiger partial charge is 0.495 e. The number of para-hydroxylation sites is 2. The van der Waals surface area contributed by atoms with Crippen molar-refractivity contribution in [3.8, 4) is 5.75 Å². The van der Waals surface area contributed by atoms with E-state index in [9.17, 15) is 8.42 Å². The van der Waals surface area contributed by atoms with Crippen molar-refractivity contribution in [2.75, 3.05) is 18.5 Å². The molecule has 0 amide bonds. The van der Waals surface area contributed by atoms with Gasteiger partial charge in [-0.3, -0.25) is 4.31 Å². The zero-order valence-electron chi connectivity index (χ0n) is 11.1. The Balaban J connectivity index is 2.49. The minimum atomic E-state index is -3.68. The summed E-state index contributed by atoms with van der Waals surface area (Å²) >= 11 is 5.85. The number of hydrogen-bond acceptors (Lipinski definition) is 3. The average Bonchev–Trinajstić information content (AvgIpc) is 2.46. The van der Waals surface area contributed by atoms with Crippen LogP contribution in [-0.2, 0) is 10.0 Å². The van der Waals surface area contributed by atoms with Crippen LogP contribution in [0.1, 0.15) is 0 Å². The molecule has 0 atom stereocenters. The third kappa shape index (κ3) is 2.73. The van der Waals surface area contributed by atoms with Gasteiger partial charge in [-0.2, -0.15) is 0 Å². The molecule has 0 saturated heterocycles. The summed E-state index contributed by atoms with van der Waals surface area (Å²) in [5.41, 5.74) is 0.468. The lowest BCUT2D eigenvalue weighted by atomic mass is 10.3. The maximum absolute atomic E-state index is 12.6. The maximum atomic E-state index is 12.6. The lowest BCUT2D eigenvalue weighted by Gasteiger charge is -2.21. The lowest BCUT2D eigenvalue weighted by molar-refractivity contribution is 0.416. The van der Waals surface area contributed by atoms with E-state index in [2.05, 4.69) is 0 Å². The molecule has 0 radical (unpaired) electrons. The van der Waals surface area contributed by atoms with Crippen molar-refractivity contribution in [3.05, 3.63) is 53.6 Å². The number of sulfonamides is 1. The van der Waals surface area contributed by atoms with Gasteiger partial charge in [0.15, 0.2) is 0 Å². The first kappa shape index (κ1) is 14.7. The Labute approximate surface area is 123 Å². The molecular formula is C14H14ClNO3S. The van der Waals surface area contributed by atoms with Crippen LogP contribution in [0, 0.1) is 0 Å². The molecule has 0 spiro atoms. The van der Waals surface area contributed by atoms with Gasteiger partial charge in [-0.15, -0.1) is 0 Å². The van der Waals surface area contributed by atoms with E-state index in [0.29, 0.717) is 16.5 Å². The summed E-state index contributed by atoms with van der Waals surface area (Å²) in [6.07, 6.45) is 0. The highest BCUT2D eigenvalue weighted by molar-refractivity contribution is 7.92. The van der Waals surface area contributed by atoms with Crippen molar-refractivity contribution in [2.45, 2.75) is 4.90 Å². The van der Waals surface area contributed by atoms with Gasteiger partial charge in [0, 0.05) is 12.1 Å². The molecule has 0 aliphatic heterocycles. The van der Waals surface area contributed by atoms with Crippen LogP contribution in [0.2, 0.25) is 5.02 Å².